The lowest BCUT2D eigenvalue weighted by Gasteiger charge is -2.04. The molecule has 0 unspecified atom stereocenters. The molecule has 5 nitrogen and oxygen atoms in total. The third-order valence-corrected chi connectivity index (χ3v) is 3.22. The van der Waals surface area contributed by atoms with Crippen molar-refractivity contribution in [1.29, 1.82) is 0 Å². The summed E-state index contributed by atoms with van der Waals surface area (Å²) in [4.78, 5) is 12.0. The van der Waals surface area contributed by atoms with Crippen molar-refractivity contribution in [1.82, 2.24) is 10.2 Å². The van der Waals surface area contributed by atoms with Crippen LogP contribution in [0.25, 0.3) is 11.5 Å². The van der Waals surface area contributed by atoms with Crippen molar-refractivity contribution in [3.05, 3.63) is 64.7 Å². The third kappa shape index (κ3) is 3.19. The number of anilines is 1. The Labute approximate surface area is 133 Å². The average Bonchev–Trinajstić information content (AvgIpc) is 2.95. The molecule has 0 spiro atoms. The highest BCUT2D eigenvalue weighted by Crippen LogP contribution is 2.23. The maximum atomic E-state index is 13.7. The zero-order valence-electron chi connectivity index (χ0n) is 11.4. The monoisotopic (exact) mass is 335 g/mol. The summed E-state index contributed by atoms with van der Waals surface area (Å²) >= 11 is 5.80. The number of nitrogens with zero attached hydrogens (tertiary/aromatic N) is 2. The SMILES string of the molecule is O=C(Nc1nnc(-c2cccc(F)c2)o1)c1c(F)cccc1Cl. The molecule has 0 aliphatic rings. The van der Waals surface area contributed by atoms with E-state index in [0.29, 0.717) is 5.56 Å². The van der Waals surface area contributed by atoms with E-state index >= 15 is 0 Å². The Balaban J connectivity index is 1.83. The van der Waals surface area contributed by atoms with Gasteiger partial charge in [-0.15, -0.1) is 5.10 Å². The molecule has 0 saturated heterocycles. The number of rotatable bonds is 3. The largest absolute Gasteiger partial charge is 0.403 e. The van der Waals surface area contributed by atoms with Crippen molar-refractivity contribution >= 4 is 23.5 Å². The van der Waals surface area contributed by atoms with Crippen LogP contribution in [0.4, 0.5) is 14.8 Å². The molecular formula is C15H8ClF2N3O2. The zero-order chi connectivity index (χ0) is 16.4. The molecule has 1 amide bonds. The number of hydrogen-bond donors (Lipinski definition) is 1. The van der Waals surface area contributed by atoms with Gasteiger partial charge < -0.3 is 4.42 Å². The Hall–Kier alpha value is -2.80. The van der Waals surface area contributed by atoms with Gasteiger partial charge in [-0.2, -0.15) is 0 Å². The first-order chi connectivity index (χ1) is 11.0. The highest BCUT2D eigenvalue weighted by molar-refractivity contribution is 6.34. The van der Waals surface area contributed by atoms with Crippen LogP contribution in [0.1, 0.15) is 10.4 Å². The van der Waals surface area contributed by atoms with Crippen LogP contribution in [-0.2, 0) is 0 Å². The van der Waals surface area contributed by atoms with Gasteiger partial charge in [-0.05, 0) is 30.3 Å². The fourth-order valence-electron chi connectivity index (χ4n) is 1.89. The predicted molar refractivity (Wildman–Crippen MR) is 79.1 cm³/mol. The molecule has 1 aromatic heterocycles. The summed E-state index contributed by atoms with van der Waals surface area (Å²) < 4.78 is 32.0. The van der Waals surface area contributed by atoms with E-state index in [0.717, 1.165) is 6.07 Å². The molecule has 3 rings (SSSR count). The molecule has 23 heavy (non-hydrogen) atoms. The molecule has 3 aromatic rings. The normalized spacial score (nSPS) is 10.6. The van der Waals surface area contributed by atoms with E-state index in [1.165, 1.54) is 30.3 Å². The minimum absolute atomic E-state index is 0.0134. The summed E-state index contributed by atoms with van der Waals surface area (Å²) in [7, 11) is 0. The van der Waals surface area contributed by atoms with Gasteiger partial charge in [-0.3, -0.25) is 10.1 Å². The first-order valence-electron chi connectivity index (χ1n) is 6.39. The highest BCUT2D eigenvalue weighted by atomic mass is 35.5. The van der Waals surface area contributed by atoms with Gasteiger partial charge in [-0.25, -0.2) is 8.78 Å². The second-order valence-corrected chi connectivity index (χ2v) is 4.88. The Bertz CT molecular complexity index is 862. The number of amides is 1. The number of hydrogen-bond acceptors (Lipinski definition) is 4. The standard InChI is InChI=1S/C15H8ClF2N3O2/c16-10-5-2-6-11(18)12(10)13(22)19-15-21-20-14(23-15)8-3-1-4-9(17)7-8/h1-7H,(H,19,21,22). The molecule has 0 aliphatic carbocycles. The molecule has 1 heterocycles. The van der Waals surface area contributed by atoms with Crippen molar-refractivity contribution in [2.45, 2.75) is 0 Å². The molecule has 116 valence electrons. The summed E-state index contributed by atoms with van der Waals surface area (Å²) in [5, 5.41) is 9.50. The van der Waals surface area contributed by atoms with E-state index in [1.807, 2.05) is 0 Å². The summed E-state index contributed by atoms with van der Waals surface area (Å²) in [5.74, 6) is -2.06. The van der Waals surface area contributed by atoms with E-state index in [-0.39, 0.29) is 22.5 Å². The summed E-state index contributed by atoms with van der Waals surface area (Å²) in [6.07, 6.45) is 0. The van der Waals surface area contributed by atoms with Crippen LogP contribution in [0.3, 0.4) is 0 Å². The van der Waals surface area contributed by atoms with Crippen molar-refractivity contribution in [3.8, 4) is 11.5 Å². The Morgan fingerprint density at radius 3 is 2.65 bits per heavy atom. The average molecular weight is 336 g/mol. The molecule has 0 bridgehead atoms. The van der Waals surface area contributed by atoms with Crippen LogP contribution >= 0.6 is 11.6 Å². The fraction of sp³-hybridized carbons (Fsp3) is 0. The second-order valence-electron chi connectivity index (χ2n) is 4.47. The van der Waals surface area contributed by atoms with E-state index in [2.05, 4.69) is 15.5 Å². The number of nitrogens with one attached hydrogen (secondary N) is 1. The topological polar surface area (TPSA) is 68.0 Å². The van der Waals surface area contributed by atoms with E-state index in [1.54, 1.807) is 6.07 Å². The van der Waals surface area contributed by atoms with Crippen molar-refractivity contribution in [3.63, 3.8) is 0 Å². The Kier molecular flexibility index (Phi) is 4.03. The lowest BCUT2D eigenvalue weighted by atomic mass is 10.2. The molecule has 0 aliphatic heterocycles. The third-order valence-electron chi connectivity index (χ3n) is 2.91. The fourth-order valence-corrected chi connectivity index (χ4v) is 2.14. The minimum Gasteiger partial charge on any atom is -0.403 e. The lowest BCUT2D eigenvalue weighted by Crippen LogP contribution is -2.14. The number of carbonyl (C=O) groups excluding carboxylic acids is 1. The van der Waals surface area contributed by atoms with Crippen LogP contribution in [0.15, 0.2) is 46.9 Å². The summed E-state index contributed by atoms with van der Waals surface area (Å²) in [6.45, 7) is 0. The highest BCUT2D eigenvalue weighted by Gasteiger charge is 2.18. The van der Waals surface area contributed by atoms with Gasteiger partial charge >= 0.3 is 6.01 Å². The molecule has 8 heteroatoms. The molecule has 0 fully saturated rings. The van der Waals surface area contributed by atoms with Gasteiger partial charge in [0.05, 0.1) is 10.6 Å². The van der Waals surface area contributed by atoms with Crippen molar-refractivity contribution in [2.75, 3.05) is 5.32 Å². The second kappa shape index (κ2) is 6.13. The number of carbonyl (C=O) groups is 1. The summed E-state index contributed by atoms with van der Waals surface area (Å²) in [6, 6.07) is 9.12. The maximum Gasteiger partial charge on any atom is 0.322 e. The minimum atomic E-state index is -0.831. The lowest BCUT2D eigenvalue weighted by molar-refractivity contribution is 0.102. The number of halogens is 3. The first kappa shape index (κ1) is 15.1. The van der Waals surface area contributed by atoms with Gasteiger partial charge in [0.15, 0.2) is 0 Å². The molecular weight excluding hydrogens is 328 g/mol. The van der Waals surface area contributed by atoms with Crippen molar-refractivity contribution in [2.24, 2.45) is 0 Å². The predicted octanol–water partition coefficient (Wildman–Crippen LogP) is 3.92. The molecule has 2 aromatic carbocycles. The van der Waals surface area contributed by atoms with Gasteiger partial charge in [0.25, 0.3) is 5.91 Å². The smallest absolute Gasteiger partial charge is 0.322 e. The van der Waals surface area contributed by atoms with E-state index in [4.69, 9.17) is 16.0 Å². The first-order valence-corrected chi connectivity index (χ1v) is 6.77. The van der Waals surface area contributed by atoms with E-state index < -0.39 is 17.5 Å². The number of aromatic nitrogens is 2. The quantitative estimate of drug-likeness (QED) is 0.787. The summed E-state index contributed by atoms with van der Waals surface area (Å²) in [5.41, 5.74) is 0.0154. The van der Waals surface area contributed by atoms with Crippen LogP contribution < -0.4 is 5.32 Å². The van der Waals surface area contributed by atoms with Crippen LogP contribution in [0, 0.1) is 11.6 Å². The van der Waals surface area contributed by atoms with E-state index in [9.17, 15) is 13.6 Å². The van der Waals surface area contributed by atoms with Gasteiger partial charge in [0.1, 0.15) is 11.6 Å². The van der Waals surface area contributed by atoms with Crippen LogP contribution in [-0.4, -0.2) is 16.1 Å². The Morgan fingerprint density at radius 1 is 1.13 bits per heavy atom. The van der Waals surface area contributed by atoms with Crippen LogP contribution in [0.5, 0.6) is 0 Å². The maximum absolute atomic E-state index is 13.7. The zero-order valence-corrected chi connectivity index (χ0v) is 12.1. The van der Waals surface area contributed by atoms with Crippen LogP contribution in [0.2, 0.25) is 5.02 Å². The number of benzene rings is 2. The molecule has 0 atom stereocenters. The van der Waals surface area contributed by atoms with Crippen molar-refractivity contribution < 1.29 is 18.0 Å². The van der Waals surface area contributed by atoms with Gasteiger partial charge in [0.2, 0.25) is 5.89 Å². The van der Waals surface area contributed by atoms with Gasteiger partial charge in [0, 0.05) is 5.56 Å². The molecule has 0 radical (unpaired) electrons. The Morgan fingerprint density at radius 2 is 1.91 bits per heavy atom. The van der Waals surface area contributed by atoms with Gasteiger partial charge in [-0.1, -0.05) is 28.8 Å². The molecule has 0 saturated carbocycles. The molecule has 1 N–H and O–H groups in total.